The van der Waals surface area contributed by atoms with Gasteiger partial charge >= 0.3 is 5.97 Å². The number of methoxy groups -OCH3 is 1. The van der Waals surface area contributed by atoms with Crippen LogP contribution in [0.5, 0.6) is 5.75 Å². The van der Waals surface area contributed by atoms with Crippen LogP contribution in [0.4, 0.5) is 0 Å². The van der Waals surface area contributed by atoms with Crippen LogP contribution < -0.4 is 4.74 Å². The Kier molecular flexibility index (Phi) is 11.6. The summed E-state index contributed by atoms with van der Waals surface area (Å²) < 4.78 is 19.6. The van der Waals surface area contributed by atoms with Gasteiger partial charge in [-0.3, -0.25) is 19.4 Å². The fourth-order valence-corrected chi connectivity index (χ4v) is 5.94. The Morgan fingerprint density at radius 2 is 1.72 bits per heavy atom. The molecule has 1 fully saturated rings. The number of H-pyrrole nitrogens is 1. The van der Waals surface area contributed by atoms with Gasteiger partial charge in [0.25, 0.3) is 0 Å². The second-order valence-electron chi connectivity index (χ2n) is 11.2. The van der Waals surface area contributed by atoms with E-state index in [2.05, 4.69) is 19.4 Å². The molecule has 43 heavy (non-hydrogen) atoms. The van der Waals surface area contributed by atoms with E-state index in [1.165, 1.54) is 7.11 Å². The van der Waals surface area contributed by atoms with Crippen molar-refractivity contribution >= 4 is 46.2 Å². The highest BCUT2D eigenvalue weighted by molar-refractivity contribution is 7.99. The van der Waals surface area contributed by atoms with E-state index in [0.29, 0.717) is 46.1 Å². The Labute approximate surface area is 261 Å². The second kappa shape index (κ2) is 15.2. The van der Waals surface area contributed by atoms with Crippen molar-refractivity contribution in [3.8, 4) is 5.75 Å². The number of hydrogen-bond donors (Lipinski definition) is 1. The highest BCUT2D eigenvalue weighted by Crippen LogP contribution is 2.34. The van der Waals surface area contributed by atoms with Crippen molar-refractivity contribution in [2.75, 3.05) is 66.2 Å². The molecule has 0 saturated carbocycles. The molecule has 0 bridgehead atoms. The molecule has 0 radical (unpaired) electrons. The van der Waals surface area contributed by atoms with Crippen LogP contribution in [-0.2, 0) is 20.7 Å². The van der Waals surface area contributed by atoms with Gasteiger partial charge in [-0.1, -0.05) is 11.6 Å². The molecular weight excluding hydrogens is 592 g/mol. The first-order chi connectivity index (χ1) is 20.6. The van der Waals surface area contributed by atoms with Crippen molar-refractivity contribution in [2.24, 2.45) is 4.58 Å². The number of aromatic nitrogens is 1. The van der Waals surface area contributed by atoms with Crippen molar-refractivity contribution in [1.82, 2.24) is 14.8 Å². The molecule has 1 aliphatic rings. The summed E-state index contributed by atoms with van der Waals surface area (Å²) in [4.78, 5) is 45.0. The normalized spacial score (nSPS) is 14.6. The minimum atomic E-state index is -0.401. The first-order valence-corrected chi connectivity index (χ1v) is 15.4. The van der Waals surface area contributed by atoms with Crippen molar-refractivity contribution in [3.63, 3.8) is 0 Å². The number of halogens is 1. The topological polar surface area (TPSA) is 114 Å². The van der Waals surface area contributed by atoms with E-state index in [0.717, 1.165) is 62.4 Å². The summed E-state index contributed by atoms with van der Waals surface area (Å²) >= 11 is 7.11. The molecule has 0 aliphatic carbocycles. The fraction of sp³-hybridized carbons (Fsp3) is 0.484. The molecule has 10 nitrogen and oxygen atoms in total. The van der Waals surface area contributed by atoms with E-state index in [1.807, 2.05) is 26.8 Å². The standard InChI is InChI=1S/C31H39ClN4O6S/c1-21-24(28-25(33-21)9-10-26(40-4)29(28)30(38)22-5-7-23(32)8-6-22)19-27(37)42-18-17-41-16-15-35-11-13-36(14-12-35)20-31(2,3)43-34-39/h5-10,33H,11-20H2,1-4H3. The molecule has 0 unspecified atom stereocenters. The van der Waals surface area contributed by atoms with Crippen LogP contribution in [0.2, 0.25) is 5.02 Å². The van der Waals surface area contributed by atoms with E-state index in [4.69, 9.17) is 25.8 Å². The average molecular weight is 631 g/mol. The molecule has 1 N–H and O–H groups in total. The maximum atomic E-state index is 13.6. The lowest BCUT2D eigenvalue weighted by molar-refractivity contribution is -0.144. The molecule has 0 spiro atoms. The molecule has 1 saturated heterocycles. The van der Waals surface area contributed by atoms with Gasteiger partial charge in [0, 0.05) is 87.7 Å². The van der Waals surface area contributed by atoms with Crippen molar-refractivity contribution in [1.29, 1.82) is 0 Å². The van der Waals surface area contributed by atoms with E-state index >= 15 is 0 Å². The number of nitroso groups, excluding NO2 is 1. The highest BCUT2D eigenvalue weighted by Gasteiger charge is 2.27. The summed E-state index contributed by atoms with van der Waals surface area (Å²) in [5.74, 6) is -0.197. The van der Waals surface area contributed by atoms with Crippen LogP contribution in [0, 0.1) is 11.8 Å². The number of nitrogens with one attached hydrogen (secondary N) is 1. The molecule has 232 valence electrons. The first-order valence-electron chi connectivity index (χ1n) is 14.3. The van der Waals surface area contributed by atoms with Crippen LogP contribution in [0.1, 0.15) is 41.0 Å². The van der Waals surface area contributed by atoms with Crippen LogP contribution in [0.25, 0.3) is 10.9 Å². The third kappa shape index (κ3) is 8.79. The van der Waals surface area contributed by atoms with E-state index < -0.39 is 5.97 Å². The van der Waals surface area contributed by atoms with E-state index in [-0.39, 0.29) is 23.6 Å². The number of piperazine rings is 1. The van der Waals surface area contributed by atoms with Crippen LogP contribution in [0.3, 0.4) is 0 Å². The number of nitrogens with zero attached hydrogens (tertiary/aromatic N) is 3. The van der Waals surface area contributed by atoms with E-state index in [1.54, 1.807) is 30.3 Å². The summed E-state index contributed by atoms with van der Waals surface area (Å²) in [6.45, 7) is 12.3. The monoisotopic (exact) mass is 630 g/mol. The maximum absolute atomic E-state index is 13.6. The van der Waals surface area contributed by atoms with Gasteiger partial charge in [0.1, 0.15) is 12.4 Å². The number of aryl methyl sites for hydroxylation is 1. The second-order valence-corrected chi connectivity index (χ2v) is 13.1. The molecule has 2 aromatic carbocycles. The predicted molar refractivity (Wildman–Crippen MR) is 170 cm³/mol. The Balaban J connectivity index is 1.27. The Bertz CT molecular complexity index is 1420. The zero-order valence-electron chi connectivity index (χ0n) is 25.1. The first kappa shape index (κ1) is 32.9. The van der Waals surface area contributed by atoms with Crippen LogP contribution in [-0.4, -0.2) is 97.5 Å². The van der Waals surface area contributed by atoms with Gasteiger partial charge in [-0.15, -0.1) is 4.91 Å². The van der Waals surface area contributed by atoms with Crippen molar-refractivity contribution in [2.45, 2.75) is 31.9 Å². The molecule has 3 aromatic rings. The predicted octanol–water partition coefficient (Wildman–Crippen LogP) is 5.28. The van der Waals surface area contributed by atoms with Gasteiger partial charge in [0.2, 0.25) is 0 Å². The summed E-state index contributed by atoms with van der Waals surface area (Å²) in [6.07, 6.45) is 0.00238. The molecule has 1 aromatic heterocycles. The van der Waals surface area contributed by atoms with Gasteiger partial charge in [-0.2, -0.15) is 0 Å². The third-order valence-corrected chi connectivity index (χ3v) is 8.46. The number of benzene rings is 2. The Morgan fingerprint density at radius 3 is 2.40 bits per heavy atom. The molecule has 1 aliphatic heterocycles. The third-order valence-electron chi connectivity index (χ3n) is 7.51. The zero-order chi connectivity index (χ0) is 31.0. The molecule has 12 heteroatoms. The number of esters is 1. The molecular formula is C31H39ClN4O6S. The molecule has 0 amide bonds. The maximum Gasteiger partial charge on any atom is 0.310 e. The summed E-state index contributed by atoms with van der Waals surface area (Å²) in [6, 6.07) is 10.3. The fourth-order valence-electron chi connectivity index (χ4n) is 5.37. The summed E-state index contributed by atoms with van der Waals surface area (Å²) in [5.41, 5.74) is 3.07. The van der Waals surface area contributed by atoms with Crippen molar-refractivity contribution in [3.05, 3.63) is 68.7 Å². The lowest BCUT2D eigenvalue weighted by Gasteiger charge is -2.37. The highest BCUT2D eigenvalue weighted by atomic mass is 35.5. The number of carbonyl (C=O) groups excluding carboxylic acids is 2. The molecule has 2 heterocycles. The van der Waals surface area contributed by atoms with Crippen molar-refractivity contribution < 1.29 is 23.8 Å². The van der Waals surface area contributed by atoms with E-state index in [9.17, 15) is 14.5 Å². The van der Waals surface area contributed by atoms with Gasteiger partial charge in [0.15, 0.2) is 5.78 Å². The van der Waals surface area contributed by atoms with Gasteiger partial charge in [-0.25, -0.2) is 0 Å². The Hall–Kier alpha value is -2.96. The van der Waals surface area contributed by atoms with Gasteiger partial charge < -0.3 is 19.2 Å². The minimum absolute atomic E-state index is 0.00238. The summed E-state index contributed by atoms with van der Waals surface area (Å²) in [7, 11) is 1.52. The number of hydrogen-bond acceptors (Lipinski definition) is 10. The lowest BCUT2D eigenvalue weighted by atomic mass is 9.95. The number of fused-ring (bicyclic) bond motifs is 1. The number of ketones is 1. The number of ether oxygens (including phenoxy) is 3. The largest absolute Gasteiger partial charge is 0.496 e. The number of aromatic amines is 1. The SMILES string of the molecule is COc1ccc2[nH]c(C)c(CC(=O)OCCOCCN3CCN(CC(C)(C)SN=O)CC3)c2c1C(=O)c1ccc(Cl)cc1. The van der Waals surface area contributed by atoms with Crippen LogP contribution >= 0.6 is 23.5 Å². The van der Waals surface area contributed by atoms with Gasteiger partial charge in [-0.05, 0) is 62.7 Å². The lowest BCUT2D eigenvalue weighted by Crippen LogP contribution is -2.50. The minimum Gasteiger partial charge on any atom is -0.496 e. The number of carbonyl (C=O) groups is 2. The zero-order valence-corrected chi connectivity index (χ0v) is 26.7. The Morgan fingerprint density at radius 1 is 1.02 bits per heavy atom. The van der Waals surface area contributed by atoms with Crippen LogP contribution in [0.15, 0.2) is 41.0 Å². The molecule has 4 rings (SSSR count). The molecule has 0 atom stereocenters. The number of rotatable bonds is 15. The average Bonchev–Trinajstić information content (AvgIpc) is 3.29. The summed E-state index contributed by atoms with van der Waals surface area (Å²) in [5, 5.41) is 1.18. The van der Waals surface area contributed by atoms with Gasteiger partial charge in [0.05, 0.1) is 32.3 Å². The smallest absolute Gasteiger partial charge is 0.310 e. The quantitative estimate of drug-likeness (QED) is 0.0787.